The number of phenolic OH excluding ortho intramolecular Hbond substituents is 1. The minimum Gasteiger partial charge on any atom is -0.508 e. The average Bonchev–Trinajstić information content (AvgIpc) is 2.59. The molecule has 1 aliphatic rings. The summed E-state index contributed by atoms with van der Waals surface area (Å²) in [6.07, 6.45) is -3.64. The van der Waals surface area contributed by atoms with E-state index in [1.54, 1.807) is 12.1 Å². The van der Waals surface area contributed by atoms with Crippen molar-refractivity contribution in [1.29, 1.82) is 0 Å². The normalized spacial score (nSPS) is 23.2. The first-order valence-corrected chi connectivity index (χ1v) is 5.92. The van der Waals surface area contributed by atoms with Gasteiger partial charge in [-0.25, -0.2) is 0 Å². The summed E-state index contributed by atoms with van der Waals surface area (Å²) in [5.74, 6) is 0.248. The van der Waals surface area contributed by atoms with Crippen molar-refractivity contribution in [3.63, 3.8) is 0 Å². The van der Waals surface area contributed by atoms with Crippen molar-refractivity contribution in [1.82, 2.24) is 5.32 Å². The zero-order chi connectivity index (χ0) is 13.5. The molecule has 2 unspecified atom stereocenters. The molecule has 0 spiro atoms. The highest BCUT2D eigenvalue weighted by atomic mass is 19.4. The maximum Gasteiger partial charge on any atom is 0.401 e. The molecule has 0 radical (unpaired) electrons. The molecule has 5 heteroatoms. The molecule has 0 bridgehead atoms. The molecule has 1 aliphatic carbocycles. The molecule has 0 aromatic heterocycles. The number of nitrogens with one attached hydrogen (secondary N) is 1. The number of fused-ring (bicyclic) bond motifs is 1. The third-order valence-electron chi connectivity index (χ3n) is 3.46. The van der Waals surface area contributed by atoms with E-state index in [0.717, 1.165) is 11.1 Å². The molecule has 2 N–H and O–H groups in total. The molecular formula is C13H16F3NO. The van der Waals surface area contributed by atoms with Crippen LogP contribution in [0.3, 0.4) is 0 Å². The summed E-state index contributed by atoms with van der Waals surface area (Å²) < 4.78 is 36.7. The van der Waals surface area contributed by atoms with Gasteiger partial charge in [0.2, 0.25) is 0 Å². The fourth-order valence-electron chi connectivity index (χ4n) is 2.77. The highest BCUT2D eigenvalue weighted by Crippen LogP contribution is 2.46. The standard InChI is InChI=1S/C13H16F3NO/c1-7-3-4-10(18)12-9(5-8(2)11(7)12)17-6-13(14,15)16/h3-4,8-9,17-18H,5-6H2,1-2H3. The molecule has 0 saturated heterocycles. The number of hydrogen-bond donors (Lipinski definition) is 2. The summed E-state index contributed by atoms with van der Waals surface area (Å²) >= 11 is 0. The minimum absolute atomic E-state index is 0.0830. The topological polar surface area (TPSA) is 32.3 Å². The highest BCUT2D eigenvalue weighted by molar-refractivity contribution is 5.50. The van der Waals surface area contributed by atoms with Gasteiger partial charge in [-0.1, -0.05) is 13.0 Å². The van der Waals surface area contributed by atoms with E-state index in [1.807, 2.05) is 13.8 Å². The second-order valence-corrected chi connectivity index (χ2v) is 4.91. The molecule has 0 aliphatic heterocycles. The summed E-state index contributed by atoms with van der Waals surface area (Å²) in [5, 5.41) is 12.3. The third kappa shape index (κ3) is 2.46. The van der Waals surface area contributed by atoms with Crippen molar-refractivity contribution >= 4 is 0 Å². The zero-order valence-electron chi connectivity index (χ0n) is 10.3. The van der Waals surface area contributed by atoms with Crippen LogP contribution >= 0.6 is 0 Å². The monoisotopic (exact) mass is 259 g/mol. The molecule has 18 heavy (non-hydrogen) atoms. The third-order valence-corrected chi connectivity index (χ3v) is 3.46. The van der Waals surface area contributed by atoms with E-state index in [9.17, 15) is 18.3 Å². The molecule has 2 rings (SSSR count). The van der Waals surface area contributed by atoms with Crippen LogP contribution in [0.25, 0.3) is 0 Å². The lowest BCUT2D eigenvalue weighted by Gasteiger charge is -2.17. The van der Waals surface area contributed by atoms with Crippen LogP contribution in [0.1, 0.15) is 42.0 Å². The quantitative estimate of drug-likeness (QED) is 0.853. The second kappa shape index (κ2) is 4.46. The lowest BCUT2D eigenvalue weighted by molar-refractivity contribution is -0.126. The Morgan fingerprint density at radius 2 is 2.00 bits per heavy atom. The Kier molecular flexibility index (Phi) is 3.27. The van der Waals surface area contributed by atoms with Crippen LogP contribution in [-0.4, -0.2) is 17.8 Å². The first-order chi connectivity index (χ1) is 8.29. The smallest absolute Gasteiger partial charge is 0.401 e. The summed E-state index contributed by atoms with van der Waals surface area (Å²) in [6, 6.07) is 2.93. The number of alkyl halides is 3. The second-order valence-electron chi connectivity index (χ2n) is 4.91. The van der Waals surface area contributed by atoms with E-state index >= 15 is 0 Å². The van der Waals surface area contributed by atoms with Gasteiger partial charge in [0.05, 0.1) is 6.54 Å². The van der Waals surface area contributed by atoms with Gasteiger partial charge in [-0.05, 0) is 36.5 Å². The van der Waals surface area contributed by atoms with E-state index in [4.69, 9.17) is 0 Å². The Hall–Kier alpha value is -1.23. The van der Waals surface area contributed by atoms with Gasteiger partial charge >= 0.3 is 6.18 Å². The predicted octanol–water partition coefficient (Wildman–Crippen LogP) is 3.40. The SMILES string of the molecule is Cc1ccc(O)c2c1C(C)CC2NCC(F)(F)F. The maximum absolute atomic E-state index is 12.2. The van der Waals surface area contributed by atoms with Gasteiger partial charge < -0.3 is 10.4 Å². The van der Waals surface area contributed by atoms with Gasteiger partial charge in [-0.3, -0.25) is 0 Å². The summed E-state index contributed by atoms with van der Waals surface area (Å²) in [5.41, 5.74) is 2.63. The van der Waals surface area contributed by atoms with Crippen LogP contribution in [0.15, 0.2) is 12.1 Å². The first-order valence-electron chi connectivity index (χ1n) is 5.92. The summed E-state index contributed by atoms with van der Waals surface area (Å²) in [7, 11) is 0. The number of rotatable bonds is 2. The molecule has 1 aromatic carbocycles. The van der Waals surface area contributed by atoms with E-state index in [0.29, 0.717) is 12.0 Å². The molecular weight excluding hydrogens is 243 g/mol. The van der Waals surface area contributed by atoms with Gasteiger partial charge in [-0.2, -0.15) is 13.2 Å². The lowest BCUT2D eigenvalue weighted by atomic mass is 9.97. The Morgan fingerprint density at radius 1 is 1.33 bits per heavy atom. The number of phenols is 1. The molecule has 0 amide bonds. The van der Waals surface area contributed by atoms with Crippen molar-refractivity contribution in [2.75, 3.05) is 6.54 Å². The molecule has 2 atom stereocenters. The molecule has 2 nitrogen and oxygen atoms in total. The molecule has 0 saturated carbocycles. The van der Waals surface area contributed by atoms with Gasteiger partial charge in [-0.15, -0.1) is 0 Å². The summed E-state index contributed by atoms with van der Waals surface area (Å²) in [4.78, 5) is 0. The van der Waals surface area contributed by atoms with Crippen LogP contribution in [-0.2, 0) is 0 Å². The predicted molar refractivity (Wildman–Crippen MR) is 62.7 cm³/mol. The zero-order valence-corrected chi connectivity index (χ0v) is 10.3. The van der Waals surface area contributed by atoms with Crippen LogP contribution in [0.2, 0.25) is 0 Å². The first kappa shape index (κ1) is 13.2. The molecule has 0 heterocycles. The van der Waals surface area contributed by atoms with Crippen LogP contribution < -0.4 is 5.32 Å². The largest absolute Gasteiger partial charge is 0.508 e. The molecule has 0 fully saturated rings. The van der Waals surface area contributed by atoms with Crippen molar-refractivity contribution in [2.24, 2.45) is 0 Å². The Labute approximate surface area is 104 Å². The van der Waals surface area contributed by atoms with E-state index in [-0.39, 0.29) is 11.7 Å². The number of aromatic hydroxyl groups is 1. The van der Waals surface area contributed by atoms with Gasteiger partial charge in [0.15, 0.2) is 0 Å². The fourth-order valence-corrected chi connectivity index (χ4v) is 2.77. The van der Waals surface area contributed by atoms with Gasteiger partial charge in [0.1, 0.15) is 5.75 Å². The lowest BCUT2D eigenvalue weighted by Crippen LogP contribution is -2.31. The highest BCUT2D eigenvalue weighted by Gasteiger charge is 2.35. The van der Waals surface area contributed by atoms with Crippen LogP contribution in [0.5, 0.6) is 5.75 Å². The Morgan fingerprint density at radius 3 is 2.61 bits per heavy atom. The number of aryl methyl sites for hydroxylation is 1. The van der Waals surface area contributed by atoms with Gasteiger partial charge in [0, 0.05) is 11.6 Å². The number of halogens is 3. The van der Waals surface area contributed by atoms with Crippen molar-refractivity contribution < 1.29 is 18.3 Å². The summed E-state index contributed by atoms with van der Waals surface area (Å²) in [6.45, 7) is 2.86. The van der Waals surface area contributed by atoms with Crippen molar-refractivity contribution in [2.45, 2.75) is 38.4 Å². The van der Waals surface area contributed by atoms with Crippen LogP contribution in [0.4, 0.5) is 13.2 Å². The number of hydrogen-bond acceptors (Lipinski definition) is 2. The van der Waals surface area contributed by atoms with E-state index in [1.165, 1.54) is 0 Å². The average molecular weight is 259 g/mol. The van der Waals surface area contributed by atoms with Crippen molar-refractivity contribution in [3.05, 3.63) is 28.8 Å². The molecule has 100 valence electrons. The van der Waals surface area contributed by atoms with Crippen LogP contribution in [0, 0.1) is 6.92 Å². The molecule has 1 aromatic rings. The maximum atomic E-state index is 12.2. The van der Waals surface area contributed by atoms with E-state index < -0.39 is 18.8 Å². The van der Waals surface area contributed by atoms with Crippen molar-refractivity contribution in [3.8, 4) is 5.75 Å². The Balaban J connectivity index is 2.27. The Bertz CT molecular complexity index is 456. The minimum atomic E-state index is -4.23. The van der Waals surface area contributed by atoms with E-state index in [2.05, 4.69) is 5.32 Å². The van der Waals surface area contributed by atoms with Gasteiger partial charge in [0.25, 0.3) is 0 Å². The number of benzene rings is 1. The fraction of sp³-hybridized carbons (Fsp3) is 0.538.